The highest BCUT2D eigenvalue weighted by Gasteiger charge is 1.94. The molecular formula is C6H9NS. The SMILES string of the molecule is CSC1=CCN=CC1. The van der Waals surface area contributed by atoms with Gasteiger partial charge in [-0.1, -0.05) is 6.08 Å². The second-order valence-electron chi connectivity index (χ2n) is 1.63. The molecule has 1 nitrogen and oxygen atoms in total. The maximum Gasteiger partial charge on any atom is 0.0577 e. The van der Waals surface area contributed by atoms with Crippen molar-refractivity contribution < 1.29 is 0 Å². The van der Waals surface area contributed by atoms with Crippen LogP contribution in [0.1, 0.15) is 6.42 Å². The van der Waals surface area contributed by atoms with E-state index in [1.165, 1.54) is 4.91 Å². The van der Waals surface area contributed by atoms with E-state index in [1.807, 2.05) is 18.0 Å². The average Bonchev–Trinajstić information content (AvgIpc) is 1.90. The molecule has 0 fully saturated rings. The van der Waals surface area contributed by atoms with E-state index in [-0.39, 0.29) is 0 Å². The van der Waals surface area contributed by atoms with Crippen LogP contribution >= 0.6 is 11.8 Å². The van der Waals surface area contributed by atoms with Crippen LogP contribution in [0, 0.1) is 0 Å². The van der Waals surface area contributed by atoms with E-state index in [2.05, 4.69) is 17.3 Å². The minimum Gasteiger partial charge on any atom is -0.293 e. The van der Waals surface area contributed by atoms with Crippen molar-refractivity contribution in [1.82, 2.24) is 0 Å². The van der Waals surface area contributed by atoms with Crippen LogP contribution in [0.15, 0.2) is 16.0 Å². The molecule has 0 saturated carbocycles. The van der Waals surface area contributed by atoms with Crippen molar-refractivity contribution in [1.29, 1.82) is 0 Å². The minimum atomic E-state index is 0.885. The van der Waals surface area contributed by atoms with E-state index in [9.17, 15) is 0 Å². The fourth-order valence-electron chi connectivity index (χ4n) is 0.634. The molecule has 0 aromatic heterocycles. The van der Waals surface area contributed by atoms with Gasteiger partial charge in [-0.25, -0.2) is 0 Å². The highest BCUT2D eigenvalue weighted by atomic mass is 32.2. The van der Waals surface area contributed by atoms with Gasteiger partial charge >= 0.3 is 0 Å². The summed E-state index contributed by atoms with van der Waals surface area (Å²) in [5, 5.41) is 0. The Morgan fingerprint density at radius 1 is 1.75 bits per heavy atom. The highest BCUT2D eigenvalue weighted by Crippen LogP contribution is 2.15. The van der Waals surface area contributed by atoms with Crippen molar-refractivity contribution in [3.8, 4) is 0 Å². The molecule has 8 heavy (non-hydrogen) atoms. The normalized spacial score (nSPS) is 18.4. The molecule has 1 rings (SSSR count). The van der Waals surface area contributed by atoms with Crippen LogP contribution in [-0.4, -0.2) is 19.0 Å². The standard InChI is InChI=1S/C6H9NS/c1-8-6-2-4-7-5-3-6/h2,5H,3-4H2,1H3. The summed E-state index contributed by atoms with van der Waals surface area (Å²) in [6.07, 6.45) is 7.29. The molecule has 0 N–H and O–H groups in total. The van der Waals surface area contributed by atoms with E-state index in [0.29, 0.717) is 0 Å². The molecule has 0 bridgehead atoms. The first-order chi connectivity index (χ1) is 3.93. The summed E-state index contributed by atoms with van der Waals surface area (Å²) < 4.78 is 0. The average molecular weight is 127 g/mol. The van der Waals surface area contributed by atoms with Crippen molar-refractivity contribution in [3.63, 3.8) is 0 Å². The lowest BCUT2D eigenvalue weighted by Crippen LogP contribution is -1.88. The summed E-state index contributed by atoms with van der Waals surface area (Å²) in [6.45, 7) is 0.885. The predicted molar refractivity (Wildman–Crippen MR) is 39.6 cm³/mol. The number of hydrogen-bond acceptors (Lipinski definition) is 2. The number of rotatable bonds is 1. The quantitative estimate of drug-likeness (QED) is 0.522. The van der Waals surface area contributed by atoms with Gasteiger partial charge < -0.3 is 0 Å². The van der Waals surface area contributed by atoms with Gasteiger partial charge in [0.1, 0.15) is 0 Å². The van der Waals surface area contributed by atoms with Crippen LogP contribution < -0.4 is 0 Å². The molecule has 1 aliphatic rings. The molecule has 0 atom stereocenters. The van der Waals surface area contributed by atoms with Crippen LogP contribution in [0.4, 0.5) is 0 Å². The van der Waals surface area contributed by atoms with Crippen molar-refractivity contribution >= 4 is 18.0 Å². The summed E-state index contributed by atoms with van der Waals surface area (Å²) in [5.74, 6) is 0. The molecule has 1 heterocycles. The largest absolute Gasteiger partial charge is 0.293 e. The van der Waals surface area contributed by atoms with Crippen LogP contribution in [0.5, 0.6) is 0 Å². The zero-order valence-electron chi connectivity index (χ0n) is 4.92. The molecule has 0 radical (unpaired) electrons. The Balaban J connectivity index is 2.43. The molecule has 44 valence electrons. The van der Waals surface area contributed by atoms with E-state index in [1.54, 1.807) is 0 Å². The van der Waals surface area contributed by atoms with Gasteiger partial charge in [-0.15, -0.1) is 11.8 Å². The molecule has 0 amide bonds. The molecule has 1 aliphatic heterocycles. The van der Waals surface area contributed by atoms with Crippen LogP contribution in [-0.2, 0) is 0 Å². The number of thioether (sulfide) groups is 1. The Kier molecular flexibility index (Phi) is 2.15. The molecule has 0 spiro atoms. The summed E-state index contributed by atoms with van der Waals surface area (Å²) >= 11 is 1.82. The van der Waals surface area contributed by atoms with Crippen LogP contribution in [0.3, 0.4) is 0 Å². The smallest absolute Gasteiger partial charge is 0.0577 e. The Hall–Kier alpha value is -0.240. The van der Waals surface area contributed by atoms with Crippen LogP contribution in [0.25, 0.3) is 0 Å². The number of aliphatic imine (C=N–C) groups is 1. The van der Waals surface area contributed by atoms with Gasteiger partial charge in [-0.3, -0.25) is 4.99 Å². The van der Waals surface area contributed by atoms with Gasteiger partial charge in [0, 0.05) is 12.6 Å². The summed E-state index contributed by atoms with van der Waals surface area (Å²) in [7, 11) is 0. The number of dihydropyridines is 1. The molecule has 0 saturated heterocycles. The number of hydrogen-bond donors (Lipinski definition) is 0. The third-order valence-electron chi connectivity index (χ3n) is 1.11. The summed E-state index contributed by atoms with van der Waals surface area (Å²) in [5.41, 5.74) is 0. The van der Waals surface area contributed by atoms with Gasteiger partial charge in [-0.05, 0) is 11.2 Å². The molecule has 2 heteroatoms. The second-order valence-corrected chi connectivity index (χ2v) is 2.56. The summed E-state index contributed by atoms with van der Waals surface area (Å²) in [4.78, 5) is 5.51. The van der Waals surface area contributed by atoms with Gasteiger partial charge in [0.15, 0.2) is 0 Å². The number of nitrogens with zero attached hydrogens (tertiary/aromatic N) is 1. The summed E-state index contributed by atoms with van der Waals surface area (Å²) in [6, 6.07) is 0. The van der Waals surface area contributed by atoms with Crippen molar-refractivity contribution in [2.45, 2.75) is 6.42 Å². The maximum atomic E-state index is 4.06. The van der Waals surface area contributed by atoms with Gasteiger partial charge in [0.2, 0.25) is 0 Å². The van der Waals surface area contributed by atoms with Gasteiger partial charge in [0.25, 0.3) is 0 Å². The zero-order valence-corrected chi connectivity index (χ0v) is 5.74. The highest BCUT2D eigenvalue weighted by molar-refractivity contribution is 8.02. The first-order valence-corrected chi connectivity index (χ1v) is 3.87. The third-order valence-corrected chi connectivity index (χ3v) is 1.97. The van der Waals surface area contributed by atoms with E-state index >= 15 is 0 Å². The fraction of sp³-hybridized carbons (Fsp3) is 0.500. The Morgan fingerprint density at radius 3 is 3.00 bits per heavy atom. The zero-order chi connectivity index (χ0) is 5.82. The van der Waals surface area contributed by atoms with Gasteiger partial charge in [0.05, 0.1) is 6.54 Å². The van der Waals surface area contributed by atoms with E-state index in [0.717, 1.165) is 13.0 Å². The topological polar surface area (TPSA) is 12.4 Å². The monoisotopic (exact) mass is 127 g/mol. The molecule has 0 aliphatic carbocycles. The Labute approximate surface area is 53.9 Å². The van der Waals surface area contributed by atoms with E-state index < -0.39 is 0 Å². The molecule has 0 unspecified atom stereocenters. The second kappa shape index (κ2) is 2.92. The third kappa shape index (κ3) is 1.37. The lowest BCUT2D eigenvalue weighted by Gasteiger charge is -2.01. The van der Waals surface area contributed by atoms with E-state index in [4.69, 9.17) is 0 Å². The molecule has 0 aromatic rings. The fourth-order valence-corrected chi connectivity index (χ4v) is 1.12. The first kappa shape index (κ1) is 5.89. The lowest BCUT2D eigenvalue weighted by molar-refractivity contribution is 1.18. The minimum absolute atomic E-state index is 0.885. The maximum absolute atomic E-state index is 4.06. The predicted octanol–water partition coefficient (Wildman–Crippen LogP) is 1.71. The van der Waals surface area contributed by atoms with Crippen molar-refractivity contribution in [2.24, 2.45) is 4.99 Å². The van der Waals surface area contributed by atoms with Crippen molar-refractivity contribution in [3.05, 3.63) is 11.0 Å². The number of allylic oxidation sites excluding steroid dienone is 1. The Bertz CT molecular complexity index is 126. The van der Waals surface area contributed by atoms with Gasteiger partial charge in [-0.2, -0.15) is 0 Å². The molecular weight excluding hydrogens is 118 g/mol. The first-order valence-electron chi connectivity index (χ1n) is 2.65. The lowest BCUT2D eigenvalue weighted by atomic mass is 10.3. The Morgan fingerprint density at radius 2 is 2.62 bits per heavy atom. The molecule has 0 aromatic carbocycles. The van der Waals surface area contributed by atoms with Crippen LogP contribution in [0.2, 0.25) is 0 Å². The van der Waals surface area contributed by atoms with Crippen molar-refractivity contribution in [2.75, 3.05) is 12.8 Å².